The third-order valence-electron chi connectivity index (χ3n) is 3.53. The van der Waals surface area contributed by atoms with Crippen molar-refractivity contribution in [3.8, 4) is 0 Å². The summed E-state index contributed by atoms with van der Waals surface area (Å²) >= 11 is 0. The van der Waals surface area contributed by atoms with Gasteiger partial charge >= 0.3 is 0 Å². The van der Waals surface area contributed by atoms with Crippen LogP contribution in [-0.2, 0) is 0 Å². The number of rotatable bonds is 4. The van der Waals surface area contributed by atoms with Crippen LogP contribution < -0.4 is 11.1 Å². The Kier molecular flexibility index (Phi) is 3.68. The van der Waals surface area contributed by atoms with E-state index in [1.165, 1.54) is 12.5 Å². The lowest BCUT2D eigenvalue weighted by Crippen LogP contribution is -2.17. The largest absolute Gasteiger partial charge is 0.372 e. The van der Waals surface area contributed by atoms with Crippen molar-refractivity contribution >= 4 is 28.5 Å². The van der Waals surface area contributed by atoms with Gasteiger partial charge in [-0.1, -0.05) is 0 Å². The highest BCUT2D eigenvalue weighted by Gasteiger charge is 2.26. The summed E-state index contributed by atoms with van der Waals surface area (Å²) in [4.78, 5) is 34.6. The number of primary amides is 1. The van der Waals surface area contributed by atoms with Gasteiger partial charge in [-0.3, -0.25) is 9.59 Å². The molecule has 0 bridgehead atoms. The van der Waals surface area contributed by atoms with Crippen molar-refractivity contribution in [2.45, 2.75) is 0 Å². The molecule has 9 heteroatoms. The summed E-state index contributed by atoms with van der Waals surface area (Å²) in [5, 5.41) is 3.06. The van der Waals surface area contributed by atoms with Crippen molar-refractivity contribution < 1.29 is 18.4 Å². The number of aromatic nitrogens is 3. The lowest BCUT2D eigenvalue weighted by Gasteiger charge is -2.07. The Labute approximate surface area is 133 Å². The van der Waals surface area contributed by atoms with E-state index in [1.807, 2.05) is 0 Å². The first-order valence-electron chi connectivity index (χ1n) is 6.78. The Morgan fingerprint density at radius 3 is 2.62 bits per heavy atom. The molecular formula is C15H11F2N5O2. The first kappa shape index (κ1) is 15.5. The van der Waals surface area contributed by atoms with Crippen LogP contribution in [0.5, 0.6) is 0 Å². The van der Waals surface area contributed by atoms with Crippen molar-refractivity contribution in [3.05, 3.63) is 53.0 Å². The van der Waals surface area contributed by atoms with Crippen molar-refractivity contribution in [2.75, 3.05) is 12.4 Å². The fourth-order valence-electron chi connectivity index (χ4n) is 2.42. The zero-order valence-corrected chi connectivity index (χ0v) is 12.4. The molecule has 0 aliphatic carbocycles. The SMILES string of the molecule is CNc1ncnc2[nH]cc(C(=O)c3c(F)ccc(C(N)=O)c3F)c12. The number of anilines is 1. The molecule has 4 N–H and O–H groups in total. The Balaban J connectivity index is 2.25. The molecule has 2 aromatic heterocycles. The Morgan fingerprint density at radius 1 is 1.21 bits per heavy atom. The predicted molar refractivity (Wildman–Crippen MR) is 81.7 cm³/mol. The van der Waals surface area contributed by atoms with Crippen molar-refractivity contribution in [1.29, 1.82) is 0 Å². The smallest absolute Gasteiger partial charge is 0.251 e. The van der Waals surface area contributed by atoms with Crippen LogP contribution in [0.1, 0.15) is 26.3 Å². The molecule has 24 heavy (non-hydrogen) atoms. The van der Waals surface area contributed by atoms with Crippen LogP contribution in [-0.4, -0.2) is 33.7 Å². The van der Waals surface area contributed by atoms with E-state index in [4.69, 9.17) is 5.73 Å². The molecule has 2 heterocycles. The van der Waals surface area contributed by atoms with E-state index in [2.05, 4.69) is 20.3 Å². The second-order valence-electron chi connectivity index (χ2n) is 4.88. The summed E-state index contributed by atoms with van der Waals surface area (Å²) in [5.41, 5.74) is 3.90. The van der Waals surface area contributed by atoms with Gasteiger partial charge in [-0.05, 0) is 12.1 Å². The van der Waals surface area contributed by atoms with E-state index in [1.54, 1.807) is 7.05 Å². The van der Waals surface area contributed by atoms with Gasteiger partial charge in [-0.25, -0.2) is 18.7 Å². The van der Waals surface area contributed by atoms with Gasteiger partial charge in [-0.2, -0.15) is 0 Å². The quantitative estimate of drug-likeness (QED) is 0.629. The number of hydrogen-bond acceptors (Lipinski definition) is 5. The van der Waals surface area contributed by atoms with Gasteiger partial charge in [0.05, 0.1) is 22.1 Å². The topological polar surface area (TPSA) is 114 Å². The Hall–Kier alpha value is -3.36. The highest BCUT2D eigenvalue weighted by molar-refractivity contribution is 6.18. The van der Waals surface area contributed by atoms with E-state index < -0.39 is 34.5 Å². The van der Waals surface area contributed by atoms with Crippen molar-refractivity contribution in [3.63, 3.8) is 0 Å². The van der Waals surface area contributed by atoms with Gasteiger partial charge in [0.15, 0.2) is 0 Å². The molecule has 0 atom stereocenters. The van der Waals surface area contributed by atoms with Crippen molar-refractivity contribution in [2.24, 2.45) is 5.73 Å². The number of H-pyrrole nitrogens is 1. The highest BCUT2D eigenvalue weighted by atomic mass is 19.1. The number of aromatic amines is 1. The zero-order valence-electron chi connectivity index (χ0n) is 12.4. The van der Waals surface area contributed by atoms with Gasteiger partial charge in [0.25, 0.3) is 5.91 Å². The molecular weight excluding hydrogens is 320 g/mol. The summed E-state index contributed by atoms with van der Waals surface area (Å²) in [5.74, 6) is -4.13. The molecule has 3 rings (SSSR count). The van der Waals surface area contributed by atoms with E-state index in [0.717, 1.165) is 12.1 Å². The van der Waals surface area contributed by atoms with Crippen LogP contribution in [0.3, 0.4) is 0 Å². The minimum Gasteiger partial charge on any atom is -0.372 e. The van der Waals surface area contributed by atoms with Crippen LogP contribution in [0.15, 0.2) is 24.7 Å². The standard InChI is InChI=1S/C15H11F2N5O2/c1-19-14-9-7(4-20-15(9)22-5-21-14)12(23)10-8(16)3-2-6(11(10)17)13(18)24/h2-5H,1H3,(H2,18,24)(H2,19,20,21,22). The van der Waals surface area contributed by atoms with E-state index in [0.29, 0.717) is 11.5 Å². The molecule has 1 amide bonds. The highest BCUT2D eigenvalue weighted by Crippen LogP contribution is 2.27. The van der Waals surface area contributed by atoms with Gasteiger partial charge in [0, 0.05) is 13.2 Å². The molecule has 0 spiro atoms. The van der Waals surface area contributed by atoms with Gasteiger partial charge in [0.1, 0.15) is 29.4 Å². The Morgan fingerprint density at radius 2 is 1.96 bits per heavy atom. The number of carbonyl (C=O) groups is 2. The lowest BCUT2D eigenvalue weighted by atomic mass is 9.99. The van der Waals surface area contributed by atoms with E-state index in [9.17, 15) is 18.4 Å². The maximum atomic E-state index is 14.4. The molecule has 0 saturated heterocycles. The number of benzene rings is 1. The Bertz CT molecular complexity index is 983. The van der Waals surface area contributed by atoms with Gasteiger partial charge in [0.2, 0.25) is 5.78 Å². The first-order chi connectivity index (χ1) is 11.5. The molecule has 0 aliphatic heterocycles. The molecule has 7 nitrogen and oxygen atoms in total. The van der Waals surface area contributed by atoms with Crippen LogP contribution >= 0.6 is 0 Å². The van der Waals surface area contributed by atoms with E-state index >= 15 is 0 Å². The van der Waals surface area contributed by atoms with E-state index in [-0.39, 0.29) is 10.9 Å². The number of amides is 1. The minimum absolute atomic E-state index is 0.0330. The first-order valence-corrected chi connectivity index (χ1v) is 6.78. The lowest BCUT2D eigenvalue weighted by molar-refractivity contribution is 0.0996. The number of ketones is 1. The second kappa shape index (κ2) is 5.69. The molecule has 0 aliphatic rings. The maximum absolute atomic E-state index is 14.4. The fourth-order valence-corrected chi connectivity index (χ4v) is 2.42. The average molecular weight is 331 g/mol. The second-order valence-corrected chi connectivity index (χ2v) is 4.88. The number of carbonyl (C=O) groups excluding carboxylic acids is 2. The molecule has 3 aromatic rings. The third kappa shape index (κ3) is 2.26. The number of nitrogens with zero attached hydrogens (tertiary/aromatic N) is 2. The van der Waals surface area contributed by atoms with Crippen LogP contribution in [0.2, 0.25) is 0 Å². The summed E-state index contributed by atoms with van der Waals surface area (Å²) in [6, 6.07) is 1.71. The zero-order chi connectivity index (χ0) is 17.4. The van der Waals surface area contributed by atoms with Crippen LogP contribution in [0, 0.1) is 11.6 Å². The molecule has 0 fully saturated rings. The molecule has 0 saturated carbocycles. The average Bonchev–Trinajstić information content (AvgIpc) is 2.98. The fraction of sp³-hybridized carbons (Fsp3) is 0.0667. The van der Waals surface area contributed by atoms with Crippen LogP contribution in [0.4, 0.5) is 14.6 Å². The monoisotopic (exact) mass is 331 g/mol. The number of halogens is 2. The number of nitrogens with two attached hydrogens (primary N) is 1. The maximum Gasteiger partial charge on any atom is 0.251 e. The molecule has 0 radical (unpaired) electrons. The summed E-state index contributed by atoms with van der Waals surface area (Å²) in [6.07, 6.45) is 2.55. The number of fused-ring (bicyclic) bond motifs is 1. The van der Waals surface area contributed by atoms with Gasteiger partial charge in [-0.15, -0.1) is 0 Å². The number of hydrogen-bond donors (Lipinski definition) is 3. The predicted octanol–water partition coefficient (Wildman–Crippen LogP) is 1.61. The van der Waals surface area contributed by atoms with Gasteiger partial charge < -0.3 is 16.0 Å². The summed E-state index contributed by atoms with van der Waals surface area (Å²) in [6.45, 7) is 0. The molecule has 1 aromatic carbocycles. The van der Waals surface area contributed by atoms with Crippen molar-refractivity contribution in [1.82, 2.24) is 15.0 Å². The normalized spacial score (nSPS) is 10.8. The minimum atomic E-state index is -1.30. The third-order valence-corrected chi connectivity index (χ3v) is 3.53. The number of nitrogens with one attached hydrogen (secondary N) is 2. The molecule has 0 unspecified atom stereocenters. The van der Waals surface area contributed by atoms with Crippen LogP contribution in [0.25, 0.3) is 11.0 Å². The summed E-state index contributed by atoms with van der Waals surface area (Å²) < 4.78 is 28.4. The molecule has 122 valence electrons. The summed E-state index contributed by atoms with van der Waals surface area (Å²) in [7, 11) is 1.58.